The summed E-state index contributed by atoms with van der Waals surface area (Å²) < 4.78 is 13.8. The molecule has 1 heterocycles. The summed E-state index contributed by atoms with van der Waals surface area (Å²) >= 11 is 0. The minimum absolute atomic E-state index is 0.153. The first-order chi connectivity index (χ1) is 15.6. The number of benzene rings is 2. The number of carbonyl (C=O) groups excluding carboxylic acids is 1. The van der Waals surface area contributed by atoms with Gasteiger partial charge >= 0.3 is 6.03 Å². The molecule has 0 spiro atoms. The van der Waals surface area contributed by atoms with Crippen LogP contribution in [-0.2, 0) is 6.61 Å². The van der Waals surface area contributed by atoms with Gasteiger partial charge in [0.1, 0.15) is 18.1 Å². The highest BCUT2D eigenvalue weighted by Crippen LogP contribution is 2.31. The molecule has 0 fully saturated rings. The van der Waals surface area contributed by atoms with E-state index in [1.165, 1.54) is 12.6 Å². The van der Waals surface area contributed by atoms with Crippen molar-refractivity contribution < 1.29 is 14.3 Å². The van der Waals surface area contributed by atoms with E-state index in [1.807, 2.05) is 49.7 Å². The van der Waals surface area contributed by atoms with E-state index in [1.54, 1.807) is 12.1 Å². The van der Waals surface area contributed by atoms with Crippen LogP contribution in [0.4, 0.5) is 10.5 Å². The summed E-state index contributed by atoms with van der Waals surface area (Å²) in [6, 6.07) is 10.7. The van der Waals surface area contributed by atoms with Crippen LogP contribution in [0.3, 0.4) is 0 Å². The summed E-state index contributed by atoms with van der Waals surface area (Å²) in [6.45, 7) is 10.6. The maximum Gasteiger partial charge on any atom is 0.352 e. The van der Waals surface area contributed by atoms with Gasteiger partial charge in [0.05, 0.1) is 29.2 Å². The SMILES string of the molecule is CCOc1cccc(N(N)C(=O)N(C)N)c1COc1ccc(-n2nc(C)c(C)c2C)cc1C. The minimum Gasteiger partial charge on any atom is -0.493 e. The Morgan fingerprint density at radius 3 is 2.36 bits per heavy atom. The van der Waals surface area contributed by atoms with Crippen LogP contribution in [0.25, 0.3) is 5.69 Å². The Bertz CT molecular complexity index is 1160. The molecule has 0 saturated heterocycles. The molecule has 0 unspecified atom stereocenters. The fraction of sp³-hybridized carbons (Fsp3) is 0.333. The maximum absolute atomic E-state index is 12.3. The molecule has 33 heavy (non-hydrogen) atoms. The normalized spacial score (nSPS) is 10.8. The molecule has 0 radical (unpaired) electrons. The minimum atomic E-state index is -0.564. The number of rotatable bonds is 7. The van der Waals surface area contributed by atoms with E-state index < -0.39 is 6.03 Å². The lowest BCUT2D eigenvalue weighted by molar-refractivity contribution is 0.216. The Morgan fingerprint density at radius 1 is 1.06 bits per heavy atom. The van der Waals surface area contributed by atoms with Crippen molar-refractivity contribution in [1.29, 1.82) is 0 Å². The molecule has 3 aromatic rings. The summed E-state index contributed by atoms with van der Waals surface area (Å²) in [5.41, 5.74) is 6.31. The van der Waals surface area contributed by atoms with Crippen LogP contribution in [0.15, 0.2) is 36.4 Å². The van der Waals surface area contributed by atoms with Gasteiger partial charge in [-0.2, -0.15) is 5.10 Å². The second-order valence-electron chi connectivity index (χ2n) is 7.90. The smallest absolute Gasteiger partial charge is 0.352 e. The van der Waals surface area contributed by atoms with Gasteiger partial charge in [-0.25, -0.2) is 26.2 Å². The average molecular weight is 453 g/mol. The first-order valence-corrected chi connectivity index (χ1v) is 10.7. The number of urea groups is 1. The van der Waals surface area contributed by atoms with E-state index in [0.717, 1.165) is 32.7 Å². The molecule has 0 aliphatic rings. The molecule has 2 aromatic carbocycles. The predicted octanol–water partition coefficient (Wildman–Crippen LogP) is 3.69. The highest BCUT2D eigenvalue weighted by Gasteiger charge is 2.21. The molecular formula is C24H32N6O3. The quantitative estimate of drug-likeness (QED) is 0.321. The monoisotopic (exact) mass is 452 g/mol. The van der Waals surface area contributed by atoms with Crippen molar-refractivity contribution in [3.05, 3.63) is 64.5 Å². The van der Waals surface area contributed by atoms with Gasteiger partial charge in [-0.15, -0.1) is 0 Å². The Morgan fingerprint density at radius 2 is 1.79 bits per heavy atom. The van der Waals surface area contributed by atoms with Crippen LogP contribution in [0, 0.1) is 27.7 Å². The fourth-order valence-corrected chi connectivity index (χ4v) is 3.54. The summed E-state index contributed by atoms with van der Waals surface area (Å²) in [4.78, 5) is 12.3. The van der Waals surface area contributed by atoms with Gasteiger partial charge in [-0.1, -0.05) is 6.07 Å². The number of nitrogens with zero attached hydrogens (tertiary/aromatic N) is 4. The third-order valence-corrected chi connectivity index (χ3v) is 5.60. The van der Waals surface area contributed by atoms with E-state index in [4.69, 9.17) is 21.2 Å². The number of hydrazine groups is 2. The molecule has 0 bridgehead atoms. The lowest BCUT2D eigenvalue weighted by Gasteiger charge is -2.24. The average Bonchev–Trinajstić information content (AvgIpc) is 3.05. The van der Waals surface area contributed by atoms with Crippen LogP contribution in [0.5, 0.6) is 11.5 Å². The number of hydrogen-bond donors (Lipinski definition) is 2. The molecule has 2 amide bonds. The molecule has 1 aromatic heterocycles. The summed E-state index contributed by atoms with van der Waals surface area (Å²) in [6.07, 6.45) is 0. The lowest BCUT2D eigenvalue weighted by atomic mass is 10.1. The highest BCUT2D eigenvalue weighted by atomic mass is 16.5. The number of aromatic nitrogens is 2. The zero-order valence-electron chi connectivity index (χ0n) is 20.0. The number of ether oxygens (including phenoxy) is 2. The van der Waals surface area contributed by atoms with Gasteiger partial charge in [0.15, 0.2) is 0 Å². The van der Waals surface area contributed by atoms with Crippen molar-refractivity contribution in [3.8, 4) is 17.2 Å². The Labute approximate surface area is 194 Å². The lowest BCUT2D eigenvalue weighted by Crippen LogP contribution is -2.49. The number of anilines is 1. The van der Waals surface area contributed by atoms with E-state index in [2.05, 4.69) is 18.9 Å². The van der Waals surface area contributed by atoms with Crippen LogP contribution >= 0.6 is 0 Å². The molecule has 0 aliphatic carbocycles. The summed E-state index contributed by atoms with van der Waals surface area (Å²) in [5.74, 6) is 12.9. The van der Waals surface area contributed by atoms with Gasteiger partial charge in [-0.05, 0) is 76.1 Å². The van der Waals surface area contributed by atoms with Gasteiger partial charge in [0, 0.05) is 12.7 Å². The zero-order valence-corrected chi connectivity index (χ0v) is 20.0. The van der Waals surface area contributed by atoms with E-state index in [-0.39, 0.29) is 6.61 Å². The fourth-order valence-electron chi connectivity index (χ4n) is 3.54. The Balaban J connectivity index is 1.90. The number of amides is 2. The third-order valence-electron chi connectivity index (χ3n) is 5.60. The molecule has 0 saturated carbocycles. The number of carbonyl (C=O) groups is 1. The van der Waals surface area contributed by atoms with E-state index in [0.29, 0.717) is 29.4 Å². The van der Waals surface area contributed by atoms with Crippen molar-refractivity contribution in [2.45, 2.75) is 41.2 Å². The summed E-state index contributed by atoms with van der Waals surface area (Å²) in [5, 5.41) is 6.54. The van der Waals surface area contributed by atoms with Crippen LogP contribution in [-0.4, -0.2) is 34.5 Å². The van der Waals surface area contributed by atoms with Gasteiger partial charge in [0.2, 0.25) is 0 Å². The van der Waals surface area contributed by atoms with Crippen LogP contribution in [0.2, 0.25) is 0 Å². The molecule has 0 atom stereocenters. The molecule has 3 rings (SSSR count). The topological polar surface area (TPSA) is 112 Å². The third kappa shape index (κ3) is 4.94. The highest BCUT2D eigenvalue weighted by molar-refractivity contribution is 5.91. The van der Waals surface area contributed by atoms with Gasteiger partial charge < -0.3 is 9.47 Å². The maximum atomic E-state index is 12.3. The van der Waals surface area contributed by atoms with Crippen molar-refractivity contribution in [2.24, 2.45) is 11.7 Å². The molecule has 0 aliphatic heterocycles. The first kappa shape index (κ1) is 24.1. The molecule has 176 valence electrons. The van der Waals surface area contributed by atoms with Crippen molar-refractivity contribution >= 4 is 11.7 Å². The van der Waals surface area contributed by atoms with Crippen molar-refractivity contribution in [3.63, 3.8) is 0 Å². The van der Waals surface area contributed by atoms with Crippen molar-refractivity contribution in [2.75, 3.05) is 18.7 Å². The van der Waals surface area contributed by atoms with E-state index >= 15 is 0 Å². The number of aryl methyl sites for hydroxylation is 2. The zero-order chi connectivity index (χ0) is 24.3. The Kier molecular flexibility index (Phi) is 7.25. The summed E-state index contributed by atoms with van der Waals surface area (Å²) in [7, 11) is 1.43. The van der Waals surface area contributed by atoms with Gasteiger partial charge in [-0.3, -0.25) is 5.01 Å². The van der Waals surface area contributed by atoms with Crippen LogP contribution in [0.1, 0.15) is 35.0 Å². The number of hydrogen-bond acceptors (Lipinski definition) is 6. The van der Waals surface area contributed by atoms with Gasteiger partial charge in [0.25, 0.3) is 0 Å². The standard InChI is InChI=1S/C24H32N6O3/c1-7-32-23-10-8-9-21(29(26)24(31)28(6)25)20(23)14-33-22-12-11-19(13-15(22)2)30-18(5)16(3)17(4)27-30/h8-13H,7,14,25-26H2,1-6H3. The second-order valence-corrected chi connectivity index (χ2v) is 7.90. The molecule has 4 N–H and O–H groups in total. The van der Waals surface area contributed by atoms with Crippen LogP contribution < -0.4 is 26.2 Å². The molecule has 9 heteroatoms. The van der Waals surface area contributed by atoms with E-state index in [9.17, 15) is 4.79 Å². The Hall–Kier alpha value is -3.56. The largest absolute Gasteiger partial charge is 0.493 e. The molecular weight excluding hydrogens is 420 g/mol. The second kappa shape index (κ2) is 9.93. The number of nitrogens with two attached hydrogens (primary N) is 2. The van der Waals surface area contributed by atoms with Crippen molar-refractivity contribution in [1.82, 2.24) is 14.8 Å². The predicted molar refractivity (Wildman–Crippen MR) is 128 cm³/mol. The molecule has 9 nitrogen and oxygen atoms in total. The first-order valence-electron chi connectivity index (χ1n) is 10.7.